The largest absolute Gasteiger partial charge is 0.448 e. The molecule has 21 heavy (non-hydrogen) atoms. The van der Waals surface area contributed by atoms with Gasteiger partial charge < -0.3 is 10.1 Å². The van der Waals surface area contributed by atoms with Crippen molar-refractivity contribution < 1.29 is 14.3 Å². The summed E-state index contributed by atoms with van der Waals surface area (Å²) in [6, 6.07) is 5.20. The number of amides is 1. The third kappa shape index (κ3) is 4.85. The molecule has 1 N–H and O–H groups in total. The third-order valence-electron chi connectivity index (χ3n) is 3.73. The average molecular weight is 290 g/mol. The van der Waals surface area contributed by atoms with Crippen LogP contribution in [0.5, 0.6) is 0 Å². The molecule has 2 rings (SSSR count). The lowest BCUT2D eigenvalue weighted by Gasteiger charge is -2.19. The molecule has 0 spiro atoms. The number of carbonyl (C=O) groups is 2. The van der Waals surface area contributed by atoms with Crippen molar-refractivity contribution >= 4 is 11.9 Å². The Balaban J connectivity index is 1.83. The van der Waals surface area contributed by atoms with Gasteiger partial charge in [0.15, 0.2) is 6.10 Å². The number of rotatable bonds is 4. The summed E-state index contributed by atoms with van der Waals surface area (Å²) >= 11 is 0. The van der Waals surface area contributed by atoms with Crippen molar-refractivity contribution in [2.45, 2.75) is 57.6 Å². The molecule has 0 aliphatic heterocycles. The average Bonchev–Trinajstić information content (AvgIpc) is 2.76. The minimum Gasteiger partial charge on any atom is -0.448 e. The molecule has 5 nitrogen and oxygen atoms in total. The summed E-state index contributed by atoms with van der Waals surface area (Å²) in [7, 11) is 0. The van der Waals surface area contributed by atoms with Crippen LogP contribution in [0.1, 0.15) is 55.9 Å². The van der Waals surface area contributed by atoms with Crippen LogP contribution in [-0.2, 0) is 9.53 Å². The van der Waals surface area contributed by atoms with E-state index in [1.165, 1.54) is 19.0 Å². The van der Waals surface area contributed by atoms with E-state index in [0.29, 0.717) is 0 Å². The molecule has 1 saturated carbocycles. The number of pyridine rings is 1. The van der Waals surface area contributed by atoms with E-state index in [1.807, 2.05) is 0 Å². The van der Waals surface area contributed by atoms with Crippen LogP contribution in [0.2, 0.25) is 0 Å². The highest BCUT2D eigenvalue weighted by molar-refractivity contribution is 5.90. The number of hydrogen-bond acceptors (Lipinski definition) is 4. The van der Waals surface area contributed by atoms with Crippen LogP contribution in [0.25, 0.3) is 0 Å². The third-order valence-corrected chi connectivity index (χ3v) is 3.73. The monoisotopic (exact) mass is 290 g/mol. The molecule has 1 amide bonds. The van der Waals surface area contributed by atoms with E-state index in [2.05, 4.69) is 10.3 Å². The van der Waals surface area contributed by atoms with E-state index >= 15 is 0 Å². The first kappa shape index (κ1) is 15.5. The highest BCUT2D eigenvalue weighted by atomic mass is 16.5. The normalized spacial score (nSPS) is 17.6. The van der Waals surface area contributed by atoms with Crippen molar-refractivity contribution in [1.82, 2.24) is 10.3 Å². The van der Waals surface area contributed by atoms with Gasteiger partial charge in [-0.15, -0.1) is 0 Å². The molecule has 1 fully saturated rings. The second-order valence-electron chi connectivity index (χ2n) is 5.46. The number of carbonyl (C=O) groups excluding carboxylic acids is 2. The van der Waals surface area contributed by atoms with Crippen molar-refractivity contribution in [1.29, 1.82) is 0 Å². The lowest BCUT2D eigenvalue weighted by Crippen LogP contribution is -2.41. The van der Waals surface area contributed by atoms with Crippen LogP contribution in [0.15, 0.2) is 24.4 Å². The predicted molar refractivity (Wildman–Crippen MR) is 78.7 cm³/mol. The zero-order valence-corrected chi connectivity index (χ0v) is 12.4. The van der Waals surface area contributed by atoms with Gasteiger partial charge in [0.2, 0.25) is 0 Å². The summed E-state index contributed by atoms with van der Waals surface area (Å²) in [5.74, 6) is -0.801. The lowest BCUT2D eigenvalue weighted by atomic mass is 10.1. The molecule has 0 bridgehead atoms. The number of esters is 1. The Kier molecular flexibility index (Phi) is 5.72. The minimum atomic E-state index is -0.803. The Morgan fingerprint density at radius 1 is 1.24 bits per heavy atom. The van der Waals surface area contributed by atoms with Crippen LogP contribution in [0.4, 0.5) is 0 Å². The van der Waals surface area contributed by atoms with Gasteiger partial charge in [-0.3, -0.25) is 4.79 Å². The summed E-state index contributed by atoms with van der Waals surface area (Å²) in [5.41, 5.74) is 0.214. The molecule has 1 aliphatic carbocycles. The number of nitrogens with one attached hydrogen (secondary N) is 1. The predicted octanol–water partition coefficient (Wildman–Crippen LogP) is 2.47. The SMILES string of the molecule is C[C@@H](OC(=O)c1ccccn1)C(=O)NC1CCCCCC1. The molecule has 1 aromatic rings. The van der Waals surface area contributed by atoms with Crippen LogP contribution in [-0.4, -0.2) is 29.0 Å². The van der Waals surface area contributed by atoms with Crippen molar-refractivity contribution in [3.8, 4) is 0 Å². The quantitative estimate of drug-likeness (QED) is 0.683. The number of nitrogens with zero attached hydrogens (tertiary/aromatic N) is 1. The van der Waals surface area contributed by atoms with Gasteiger partial charge in [-0.25, -0.2) is 9.78 Å². The molecule has 5 heteroatoms. The number of aromatic nitrogens is 1. The van der Waals surface area contributed by atoms with Gasteiger partial charge in [0.05, 0.1) is 0 Å². The Bertz CT molecular complexity index is 468. The topological polar surface area (TPSA) is 68.3 Å². The molecule has 1 heterocycles. The van der Waals surface area contributed by atoms with Gasteiger partial charge in [0, 0.05) is 12.2 Å². The summed E-state index contributed by atoms with van der Waals surface area (Å²) in [5, 5.41) is 2.98. The number of hydrogen-bond donors (Lipinski definition) is 1. The van der Waals surface area contributed by atoms with Gasteiger partial charge in [-0.1, -0.05) is 31.7 Å². The van der Waals surface area contributed by atoms with Crippen molar-refractivity contribution in [3.63, 3.8) is 0 Å². The molecule has 0 unspecified atom stereocenters. The fraction of sp³-hybridized carbons (Fsp3) is 0.562. The maximum Gasteiger partial charge on any atom is 0.357 e. The van der Waals surface area contributed by atoms with Crippen LogP contribution < -0.4 is 5.32 Å². The molecule has 0 radical (unpaired) electrons. The van der Waals surface area contributed by atoms with E-state index < -0.39 is 12.1 Å². The Labute approximate surface area is 125 Å². The minimum absolute atomic E-state index is 0.205. The summed E-state index contributed by atoms with van der Waals surface area (Å²) in [6.07, 6.45) is 7.49. The van der Waals surface area contributed by atoms with E-state index in [0.717, 1.165) is 25.7 Å². The van der Waals surface area contributed by atoms with Gasteiger partial charge >= 0.3 is 5.97 Å². The molecular formula is C16H22N2O3. The van der Waals surface area contributed by atoms with Crippen LogP contribution in [0, 0.1) is 0 Å². The highest BCUT2D eigenvalue weighted by Gasteiger charge is 2.22. The first-order chi connectivity index (χ1) is 10.2. The van der Waals surface area contributed by atoms with Crippen LogP contribution >= 0.6 is 0 Å². The maximum atomic E-state index is 12.1. The Hall–Kier alpha value is -1.91. The fourth-order valence-electron chi connectivity index (χ4n) is 2.50. The zero-order chi connectivity index (χ0) is 15.1. The van der Waals surface area contributed by atoms with Crippen molar-refractivity contribution in [2.75, 3.05) is 0 Å². The molecule has 0 aromatic carbocycles. The highest BCUT2D eigenvalue weighted by Crippen LogP contribution is 2.17. The summed E-state index contributed by atoms with van der Waals surface area (Å²) < 4.78 is 5.16. The molecule has 0 saturated heterocycles. The van der Waals surface area contributed by atoms with Gasteiger partial charge in [-0.05, 0) is 31.9 Å². The number of ether oxygens (including phenoxy) is 1. The molecule has 1 aliphatic rings. The lowest BCUT2D eigenvalue weighted by molar-refractivity contribution is -0.129. The second kappa shape index (κ2) is 7.76. The van der Waals surface area contributed by atoms with Gasteiger partial charge in [0.25, 0.3) is 5.91 Å². The maximum absolute atomic E-state index is 12.1. The summed E-state index contributed by atoms with van der Waals surface area (Å²) in [4.78, 5) is 27.8. The smallest absolute Gasteiger partial charge is 0.357 e. The van der Waals surface area contributed by atoms with E-state index in [4.69, 9.17) is 4.74 Å². The second-order valence-corrected chi connectivity index (χ2v) is 5.46. The first-order valence-electron chi connectivity index (χ1n) is 7.59. The van der Waals surface area contributed by atoms with Crippen LogP contribution in [0.3, 0.4) is 0 Å². The fourth-order valence-corrected chi connectivity index (χ4v) is 2.50. The molecule has 1 atom stereocenters. The first-order valence-corrected chi connectivity index (χ1v) is 7.59. The Morgan fingerprint density at radius 3 is 2.57 bits per heavy atom. The molecule has 1 aromatic heterocycles. The molecule has 114 valence electrons. The standard InChI is InChI=1S/C16H22N2O3/c1-12(21-16(20)14-10-6-7-11-17-14)15(19)18-13-8-4-2-3-5-9-13/h6-7,10-13H,2-5,8-9H2,1H3,(H,18,19)/t12-/m1/s1. The van der Waals surface area contributed by atoms with E-state index in [1.54, 1.807) is 25.1 Å². The summed E-state index contributed by atoms with van der Waals surface area (Å²) in [6.45, 7) is 1.59. The van der Waals surface area contributed by atoms with Crippen molar-refractivity contribution in [3.05, 3.63) is 30.1 Å². The van der Waals surface area contributed by atoms with Crippen molar-refractivity contribution in [2.24, 2.45) is 0 Å². The van der Waals surface area contributed by atoms with E-state index in [-0.39, 0.29) is 17.6 Å². The molecular weight excluding hydrogens is 268 g/mol. The van der Waals surface area contributed by atoms with Gasteiger partial charge in [0.1, 0.15) is 5.69 Å². The Morgan fingerprint density at radius 2 is 1.95 bits per heavy atom. The van der Waals surface area contributed by atoms with Gasteiger partial charge in [-0.2, -0.15) is 0 Å². The zero-order valence-electron chi connectivity index (χ0n) is 12.4. The van der Waals surface area contributed by atoms with E-state index in [9.17, 15) is 9.59 Å².